The fourth-order valence-corrected chi connectivity index (χ4v) is 5.02. The lowest BCUT2D eigenvalue weighted by Gasteiger charge is -2.32. The van der Waals surface area contributed by atoms with Crippen molar-refractivity contribution in [1.29, 1.82) is 0 Å². The Labute approximate surface area is 189 Å². The molecule has 4 aromatic rings. The molecule has 1 saturated heterocycles. The number of amides is 1. The first-order valence-electron chi connectivity index (χ1n) is 10.7. The smallest absolute Gasteiger partial charge is 0.270 e. The normalized spacial score (nSPS) is 16.2. The van der Waals surface area contributed by atoms with Crippen LogP contribution in [0.2, 0.25) is 0 Å². The second kappa shape index (κ2) is 8.92. The lowest BCUT2D eigenvalue weighted by atomic mass is 9.97. The number of hydrogen-bond donors (Lipinski definition) is 2. The van der Waals surface area contributed by atoms with Crippen LogP contribution in [0.3, 0.4) is 0 Å². The van der Waals surface area contributed by atoms with Gasteiger partial charge < -0.3 is 10.2 Å². The number of carbonyl (C=O) groups excluding carboxylic acids is 1. The first kappa shape index (κ1) is 20.4. The molecule has 0 saturated carbocycles. The minimum Gasteiger partial charge on any atom is -0.352 e. The second-order valence-electron chi connectivity index (χ2n) is 7.95. The highest BCUT2D eigenvalue weighted by molar-refractivity contribution is 7.17. The van der Waals surface area contributed by atoms with Crippen LogP contribution in [-0.4, -0.2) is 33.9 Å². The zero-order valence-corrected chi connectivity index (χ0v) is 18.3. The summed E-state index contributed by atoms with van der Waals surface area (Å²) in [5, 5.41) is 4.99. The zero-order chi connectivity index (χ0) is 21.9. The highest BCUT2D eigenvalue weighted by Crippen LogP contribution is 2.32. The molecule has 1 amide bonds. The lowest BCUT2D eigenvalue weighted by Crippen LogP contribution is -2.44. The Morgan fingerprint density at radius 2 is 2.09 bits per heavy atom. The van der Waals surface area contributed by atoms with Crippen LogP contribution in [0.4, 0.5) is 5.95 Å². The van der Waals surface area contributed by atoms with Gasteiger partial charge in [-0.3, -0.25) is 19.6 Å². The number of fused-ring (bicyclic) bond motifs is 1. The Hall–Kier alpha value is -3.52. The Balaban J connectivity index is 1.36. The van der Waals surface area contributed by atoms with E-state index in [1.807, 2.05) is 52.7 Å². The monoisotopic (exact) mass is 445 g/mol. The van der Waals surface area contributed by atoms with Crippen LogP contribution in [-0.2, 0) is 11.3 Å². The maximum Gasteiger partial charge on any atom is 0.270 e. The maximum atomic E-state index is 12.8. The molecule has 5 rings (SSSR count). The number of nitrogens with zero attached hydrogens (tertiary/aromatic N) is 3. The molecule has 4 heterocycles. The predicted molar refractivity (Wildman–Crippen MR) is 127 cm³/mol. The van der Waals surface area contributed by atoms with Crippen molar-refractivity contribution in [2.75, 3.05) is 18.0 Å². The van der Waals surface area contributed by atoms with Gasteiger partial charge in [0.15, 0.2) is 0 Å². The number of aromatic amines is 1. The van der Waals surface area contributed by atoms with Crippen molar-refractivity contribution in [3.05, 3.63) is 76.2 Å². The molecule has 3 aromatic heterocycles. The number of H-pyrrole nitrogens is 1. The van der Waals surface area contributed by atoms with Crippen molar-refractivity contribution < 1.29 is 4.79 Å². The molecule has 162 valence electrons. The number of hydrogen-bond acceptors (Lipinski definition) is 6. The zero-order valence-electron chi connectivity index (χ0n) is 17.5. The van der Waals surface area contributed by atoms with Gasteiger partial charge >= 0.3 is 0 Å². The van der Waals surface area contributed by atoms with Gasteiger partial charge in [-0.05, 0) is 30.0 Å². The summed E-state index contributed by atoms with van der Waals surface area (Å²) in [6.07, 6.45) is 5.14. The third-order valence-corrected chi connectivity index (χ3v) is 6.75. The summed E-state index contributed by atoms with van der Waals surface area (Å²) in [5.74, 6) is 0.391. The molecule has 0 unspecified atom stereocenters. The van der Waals surface area contributed by atoms with Crippen LogP contribution >= 0.6 is 11.3 Å². The van der Waals surface area contributed by atoms with Crippen LogP contribution in [0, 0.1) is 5.92 Å². The fourth-order valence-electron chi connectivity index (χ4n) is 4.11. The summed E-state index contributed by atoms with van der Waals surface area (Å²) < 4.78 is 0.621. The molecule has 0 aliphatic carbocycles. The second-order valence-corrected chi connectivity index (χ2v) is 8.83. The van der Waals surface area contributed by atoms with E-state index in [1.54, 1.807) is 12.4 Å². The molecular weight excluding hydrogens is 422 g/mol. The Morgan fingerprint density at radius 3 is 2.91 bits per heavy atom. The van der Waals surface area contributed by atoms with Crippen LogP contribution < -0.4 is 15.8 Å². The summed E-state index contributed by atoms with van der Waals surface area (Å²) in [6.45, 7) is 1.74. The van der Waals surface area contributed by atoms with Crippen LogP contribution in [0.15, 0.2) is 65.0 Å². The lowest BCUT2D eigenvalue weighted by molar-refractivity contribution is -0.125. The number of carbonyl (C=O) groups is 1. The van der Waals surface area contributed by atoms with Crippen LogP contribution in [0.5, 0.6) is 0 Å². The van der Waals surface area contributed by atoms with Crippen LogP contribution in [0.25, 0.3) is 21.3 Å². The summed E-state index contributed by atoms with van der Waals surface area (Å²) in [5.41, 5.74) is 3.54. The van der Waals surface area contributed by atoms with Gasteiger partial charge in [0, 0.05) is 43.0 Å². The SMILES string of the molecule is O=C(NCc1cccnc1)[C@H]1CCCN(c2nc3c(-c4ccccc4)csc3c(=O)[nH]2)C1. The van der Waals surface area contributed by atoms with E-state index < -0.39 is 0 Å². The van der Waals surface area contributed by atoms with E-state index in [-0.39, 0.29) is 17.4 Å². The highest BCUT2D eigenvalue weighted by Gasteiger charge is 2.27. The molecule has 1 aliphatic heterocycles. The van der Waals surface area contributed by atoms with E-state index in [1.165, 1.54) is 11.3 Å². The molecule has 1 fully saturated rings. The number of pyridine rings is 1. The number of nitrogens with one attached hydrogen (secondary N) is 2. The molecular formula is C24H23N5O2S. The standard InChI is InChI=1S/C24H23N5O2S/c30-22(26-13-16-6-4-10-25-12-16)18-9-5-11-29(14-18)24-27-20-19(17-7-2-1-3-8-17)15-32-21(20)23(31)28-24/h1-4,6-8,10,12,15,18H,5,9,11,13-14H2,(H,26,30)(H,27,28,31)/t18-/m0/s1. The van der Waals surface area contributed by atoms with E-state index in [0.29, 0.717) is 29.3 Å². The summed E-state index contributed by atoms with van der Waals surface area (Å²) in [6, 6.07) is 13.8. The molecule has 1 atom stereocenters. The molecule has 0 spiro atoms. The van der Waals surface area contributed by atoms with Gasteiger partial charge in [-0.1, -0.05) is 36.4 Å². The average Bonchev–Trinajstić information content (AvgIpc) is 3.28. The average molecular weight is 446 g/mol. The van der Waals surface area contributed by atoms with Crippen molar-refractivity contribution in [3.8, 4) is 11.1 Å². The summed E-state index contributed by atoms with van der Waals surface area (Å²) in [4.78, 5) is 39.4. The van der Waals surface area contributed by atoms with E-state index in [4.69, 9.17) is 4.98 Å². The molecule has 0 radical (unpaired) electrons. The number of anilines is 1. The van der Waals surface area contributed by atoms with E-state index in [0.717, 1.165) is 36.1 Å². The van der Waals surface area contributed by atoms with Crippen molar-refractivity contribution in [3.63, 3.8) is 0 Å². The number of benzene rings is 1. The van der Waals surface area contributed by atoms with Crippen molar-refractivity contribution in [2.24, 2.45) is 5.92 Å². The largest absolute Gasteiger partial charge is 0.352 e. The molecule has 2 N–H and O–H groups in total. The third-order valence-electron chi connectivity index (χ3n) is 5.78. The summed E-state index contributed by atoms with van der Waals surface area (Å²) >= 11 is 1.41. The van der Waals surface area contributed by atoms with Crippen molar-refractivity contribution in [1.82, 2.24) is 20.3 Å². The number of thiophene rings is 1. The molecule has 32 heavy (non-hydrogen) atoms. The van der Waals surface area contributed by atoms with Gasteiger partial charge in [0.2, 0.25) is 11.9 Å². The van der Waals surface area contributed by atoms with Crippen molar-refractivity contribution in [2.45, 2.75) is 19.4 Å². The molecule has 0 bridgehead atoms. The van der Waals surface area contributed by atoms with Gasteiger partial charge in [-0.2, -0.15) is 0 Å². The minimum atomic E-state index is -0.155. The Morgan fingerprint density at radius 1 is 1.22 bits per heavy atom. The first-order valence-corrected chi connectivity index (χ1v) is 11.6. The molecule has 1 aromatic carbocycles. The maximum absolute atomic E-state index is 12.8. The quantitative estimate of drug-likeness (QED) is 0.490. The minimum absolute atomic E-state index is 0.0162. The molecule has 8 heteroatoms. The fraction of sp³-hybridized carbons (Fsp3) is 0.250. The Kier molecular flexibility index (Phi) is 5.68. The van der Waals surface area contributed by atoms with Gasteiger partial charge in [0.05, 0.1) is 11.4 Å². The summed E-state index contributed by atoms with van der Waals surface area (Å²) in [7, 11) is 0. The molecule has 1 aliphatic rings. The first-order chi connectivity index (χ1) is 15.7. The van der Waals surface area contributed by atoms with Crippen LogP contribution in [0.1, 0.15) is 18.4 Å². The number of rotatable bonds is 5. The predicted octanol–water partition coefficient (Wildman–Crippen LogP) is 3.58. The molecule has 7 nitrogen and oxygen atoms in total. The topological polar surface area (TPSA) is 91.0 Å². The van der Waals surface area contributed by atoms with E-state index in [2.05, 4.69) is 15.3 Å². The van der Waals surface area contributed by atoms with Crippen molar-refractivity contribution >= 4 is 33.4 Å². The number of aromatic nitrogens is 3. The third kappa shape index (κ3) is 4.13. The Bertz CT molecular complexity index is 1290. The van der Waals surface area contributed by atoms with Gasteiger partial charge in [0.25, 0.3) is 5.56 Å². The van der Waals surface area contributed by atoms with E-state index in [9.17, 15) is 9.59 Å². The van der Waals surface area contributed by atoms with Gasteiger partial charge in [0.1, 0.15) is 4.70 Å². The number of piperidine rings is 1. The highest BCUT2D eigenvalue weighted by atomic mass is 32.1. The van der Waals surface area contributed by atoms with Gasteiger partial charge in [-0.25, -0.2) is 4.98 Å². The van der Waals surface area contributed by atoms with E-state index >= 15 is 0 Å². The van der Waals surface area contributed by atoms with Gasteiger partial charge in [-0.15, -0.1) is 11.3 Å².